The van der Waals surface area contributed by atoms with Gasteiger partial charge in [0.1, 0.15) is 5.78 Å². The number of nitrogens with zero attached hydrogens (tertiary/aromatic N) is 10. The molecule has 0 unspecified atom stereocenters. The highest BCUT2D eigenvalue weighted by Crippen LogP contribution is 2.11. The minimum atomic E-state index is -0.960. The van der Waals surface area contributed by atoms with Crippen LogP contribution in [0, 0.1) is 0 Å². The summed E-state index contributed by atoms with van der Waals surface area (Å²) >= 11 is 0. The molecule has 62 heavy (non-hydrogen) atoms. The molecule has 0 bridgehead atoms. The SMILES string of the molecule is O=C(O)CN1CCN(CC(=O)CCCN(Cc2ccccn2)Cc2ccccn2)CCN(CC(=O)O)CCN(CC(=O)NCCN(Cc2ccccn2)Cc2ccccn2)CC1. The number of amides is 1. The van der Waals surface area contributed by atoms with Crippen LogP contribution in [0.4, 0.5) is 0 Å². The summed E-state index contributed by atoms with van der Waals surface area (Å²) in [7, 11) is 0. The number of Topliss-reactive ketones (excluding diaryl/α,β-unsaturated/α-hetero) is 1. The minimum Gasteiger partial charge on any atom is -0.480 e. The van der Waals surface area contributed by atoms with Crippen LogP contribution in [0.25, 0.3) is 0 Å². The molecule has 1 aliphatic rings. The second kappa shape index (κ2) is 26.7. The van der Waals surface area contributed by atoms with Crippen molar-refractivity contribution in [1.29, 1.82) is 0 Å². The molecule has 3 N–H and O–H groups in total. The lowest BCUT2D eigenvalue weighted by molar-refractivity contribution is -0.139. The summed E-state index contributed by atoms with van der Waals surface area (Å²) in [6.07, 6.45) is 8.06. The quantitative estimate of drug-likeness (QED) is 0.0979. The maximum absolute atomic E-state index is 13.5. The van der Waals surface area contributed by atoms with Crippen molar-refractivity contribution in [3.63, 3.8) is 0 Å². The van der Waals surface area contributed by atoms with E-state index in [2.05, 4.69) is 35.1 Å². The molecule has 1 amide bonds. The summed E-state index contributed by atoms with van der Waals surface area (Å²) in [4.78, 5) is 80.7. The van der Waals surface area contributed by atoms with E-state index in [1.54, 1.807) is 24.8 Å². The zero-order valence-corrected chi connectivity index (χ0v) is 35.6. The number of hydrogen-bond donors (Lipinski definition) is 3. The van der Waals surface area contributed by atoms with Gasteiger partial charge in [-0.2, -0.15) is 0 Å². The molecule has 0 aromatic carbocycles. The van der Waals surface area contributed by atoms with Gasteiger partial charge >= 0.3 is 11.9 Å². The summed E-state index contributed by atoms with van der Waals surface area (Å²) in [5, 5.41) is 22.6. The van der Waals surface area contributed by atoms with Crippen LogP contribution in [-0.2, 0) is 45.4 Å². The first-order chi connectivity index (χ1) is 30.2. The van der Waals surface area contributed by atoms with Crippen LogP contribution in [0.15, 0.2) is 97.6 Å². The van der Waals surface area contributed by atoms with E-state index in [-0.39, 0.29) is 37.9 Å². The smallest absolute Gasteiger partial charge is 0.317 e. The van der Waals surface area contributed by atoms with Gasteiger partial charge in [0.05, 0.1) is 49.0 Å². The summed E-state index contributed by atoms with van der Waals surface area (Å²) in [5.41, 5.74) is 3.69. The number of aromatic nitrogens is 4. The summed E-state index contributed by atoms with van der Waals surface area (Å²) in [5.74, 6) is -2.03. The van der Waals surface area contributed by atoms with Gasteiger partial charge in [0, 0.05) is 123 Å². The van der Waals surface area contributed by atoms with Gasteiger partial charge in [-0.3, -0.25) is 68.5 Å². The maximum atomic E-state index is 13.5. The van der Waals surface area contributed by atoms with Gasteiger partial charge < -0.3 is 15.5 Å². The molecule has 0 radical (unpaired) electrons. The van der Waals surface area contributed by atoms with Crippen molar-refractivity contribution in [2.45, 2.75) is 39.0 Å². The highest BCUT2D eigenvalue weighted by molar-refractivity contribution is 5.80. The Morgan fingerprint density at radius 3 is 1.21 bits per heavy atom. The lowest BCUT2D eigenvalue weighted by atomic mass is 10.2. The summed E-state index contributed by atoms with van der Waals surface area (Å²) in [6, 6.07) is 23.2. The van der Waals surface area contributed by atoms with Gasteiger partial charge in [-0.1, -0.05) is 24.3 Å². The van der Waals surface area contributed by atoms with Crippen molar-refractivity contribution in [3.05, 3.63) is 120 Å². The lowest BCUT2D eigenvalue weighted by Gasteiger charge is -2.33. The Kier molecular flexibility index (Phi) is 20.5. The fourth-order valence-corrected chi connectivity index (χ4v) is 7.35. The van der Waals surface area contributed by atoms with Crippen molar-refractivity contribution < 1.29 is 29.4 Å². The van der Waals surface area contributed by atoms with Crippen LogP contribution in [0.3, 0.4) is 0 Å². The fourth-order valence-electron chi connectivity index (χ4n) is 7.35. The molecule has 4 aromatic rings. The Labute approximate surface area is 364 Å². The average molecular weight is 852 g/mol. The first-order valence-corrected chi connectivity index (χ1v) is 21.3. The molecule has 1 fully saturated rings. The van der Waals surface area contributed by atoms with Crippen molar-refractivity contribution in [1.82, 2.24) is 54.7 Å². The summed E-state index contributed by atoms with van der Waals surface area (Å²) < 4.78 is 0. The monoisotopic (exact) mass is 851 g/mol. The van der Waals surface area contributed by atoms with Crippen LogP contribution in [0.1, 0.15) is 35.6 Å². The number of nitrogens with one attached hydrogen (secondary N) is 1. The second-order valence-electron chi connectivity index (χ2n) is 15.6. The van der Waals surface area contributed by atoms with E-state index in [1.807, 2.05) is 92.4 Å². The third-order valence-electron chi connectivity index (χ3n) is 10.5. The molecular formula is C45H61N11O6. The summed E-state index contributed by atoms with van der Waals surface area (Å²) in [6.45, 7) is 7.14. The van der Waals surface area contributed by atoms with Crippen LogP contribution < -0.4 is 5.32 Å². The van der Waals surface area contributed by atoms with Gasteiger partial charge in [-0.05, 0) is 61.5 Å². The standard InChI is InChI=1S/C45H61N11O6/c57-42(14-9-20-55(30-38-10-1-5-15-46-38)31-39-11-2-6-16-47-39)34-51-22-26-53(36-44(59)60)28-24-52(25-29-54(27-23-51)37-45(61)62)35-43(58)50-19-21-56(32-40-12-3-7-17-48-40)33-41-13-4-8-18-49-41/h1-8,10-13,15-18H,9,14,19-37H2,(H,50,58)(H,59,60)(H,61,62). The Morgan fingerprint density at radius 2 is 0.855 bits per heavy atom. The second-order valence-corrected chi connectivity index (χ2v) is 15.6. The van der Waals surface area contributed by atoms with Crippen LogP contribution in [-0.4, -0.2) is 181 Å². The number of carboxylic acids is 2. The zero-order chi connectivity index (χ0) is 43.8. The molecule has 0 aliphatic carbocycles. The van der Waals surface area contributed by atoms with E-state index < -0.39 is 11.9 Å². The molecule has 0 saturated carbocycles. The lowest BCUT2D eigenvalue weighted by Crippen LogP contribution is -2.50. The maximum Gasteiger partial charge on any atom is 0.317 e. The minimum absolute atomic E-state index is 0.0658. The first-order valence-electron chi connectivity index (χ1n) is 21.3. The Hall–Kier alpha value is -5.56. The molecule has 5 heterocycles. The van der Waals surface area contributed by atoms with Gasteiger partial charge in [-0.25, -0.2) is 0 Å². The highest BCUT2D eigenvalue weighted by atomic mass is 16.4. The van der Waals surface area contributed by atoms with E-state index in [1.165, 1.54) is 0 Å². The van der Waals surface area contributed by atoms with Crippen molar-refractivity contribution in [2.24, 2.45) is 0 Å². The zero-order valence-electron chi connectivity index (χ0n) is 35.6. The van der Waals surface area contributed by atoms with Crippen molar-refractivity contribution in [3.8, 4) is 0 Å². The van der Waals surface area contributed by atoms with Crippen molar-refractivity contribution >= 4 is 23.6 Å². The largest absolute Gasteiger partial charge is 0.480 e. The molecule has 332 valence electrons. The van der Waals surface area contributed by atoms with Crippen molar-refractivity contribution in [2.75, 3.05) is 98.2 Å². The predicted molar refractivity (Wildman–Crippen MR) is 233 cm³/mol. The molecule has 5 rings (SSSR count). The van der Waals surface area contributed by atoms with Gasteiger partial charge in [0.2, 0.25) is 5.91 Å². The predicted octanol–water partition coefficient (Wildman–Crippen LogP) is 1.83. The number of ketones is 1. The van der Waals surface area contributed by atoms with Gasteiger partial charge in [-0.15, -0.1) is 0 Å². The molecular weight excluding hydrogens is 791 g/mol. The molecule has 4 aromatic heterocycles. The number of carbonyl (C=O) groups excluding carboxylic acids is 2. The topological polar surface area (TPSA) is 192 Å². The van der Waals surface area contributed by atoms with Crippen LogP contribution in [0.5, 0.6) is 0 Å². The van der Waals surface area contributed by atoms with Gasteiger partial charge in [0.15, 0.2) is 0 Å². The molecule has 1 saturated heterocycles. The molecule has 1 aliphatic heterocycles. The fraction of sp³-hybridized carbons (Fsp3) is 0.467. The van der Waals surface area contributed by atoms with E-state index in [0.717, 1.165) is 22.8 Å². The van der Waals surface area contributed by atoms with E-state index in [4.69, 9.17) is 0 Å². The number of aliphatic carboxylic acids is 2. The Bertz CT molecular complexity index is 1680. The number of carboxylic acid groups (broad SMARTS) is 2. The third kappa shape index (κ3) is 19.0. The number of hydrogen-bond acceptors (Lipinski definition) is 14. The highest BCUT2D eigenvalue weighted by Gasteiger charge is 2.22. The van der Waals surface area contributed by atoms with E-state index >= 15 is 0 Å². The molecule has 17 heteroatoms. The first kappa shape index (κ1) is 47.5. The normalized spacial score (nSPS) is 15.2. The Morgan fingerprint density at radius 1 is 0.500 bits per heavy atom. The number of carbonyl (C=O) groups is 4. The van der Waals surface area contributed by atoms with Crippen LogP contribution in [0.2, 0.25) is 0 Å². The molecule has 0 spiro atoms. The molecule has 0 atom stereocenters. The van der Waals surface area contributed by atoms with Gasteiger partial charge in [0.25, 0.3) is 0 Å². The van der Waals surface area contributed by atoms with E-state index in [9.17, 15) is 29.4 Å². The van der Waals surface area contributed by atoms with Crippen LogP contribution >= 0.6 is 0 Å². The Balaban J connectivity index is 1.15. The number of pyridine rings is 4. The molecule has 17 nitrogen and oxygen atoms in total. The van der Waals surface area contributed by atoms with E-state index in [0.29, 0.717) is 111 Å². The third-order valence-corrected chi connectivity index (χ3v) is 10.5. The number of rotatable bonds is 23. The average Bonchev–Trinajstić information content (AvgIpc) is 3.25.